The molecule has 0 spiro atoms. The Labute approximate surface area is 201 Å². The summed E-state index contributed by atoms with van der Waals surface area (Å²) in [5.41, 5.74) is 0.00240. The average Bonchev–Trinajstić information content (AvgIpc) is 2.73. The summed E-state index contributed by atoms with van der Waals surface area (Å²) in [6.07, 6.45) is 4.74. The Morgan fingerprint density at radius 1 is 1.18 bits per heavy atom. The Balaban J connectivity index is 3.09. The quantitative estimate of drug-likeness (QED) is 0.416. The van der Waals surface area contributed by atoms with Gasteiger partial charge >= 0.3 is 5.97 Å². The van der Waals surface area contributed by atoms with Gasteiger partial charge in [-0.25, -0.2) is 4.79 Å². The van der Waals surface area contributed by atoms with Gasteiger partial charge < -0.3 is 15.0 Å². The molecule has 1 rings (SSSR count). The second-order valence-electron chi connectivity index (χ2n) is 10.9. The van der Waals surface area contributed by atoms with Gasteiger partial charge in [-0.3, -0.25) is 14.5 Å². The van der Waals surface area contributed by atoms with Crippen molar-refractivity contribution in [3.63, 3.8) is 0 Å². The minimum Gasteiger partial charge on any atom is -0.463 e. The predicted octanol–water partition coefficient (Wildman–Crippen LogP) is 3.63. The highest BCUT2D eigenvalue weighted by molar-refractivity contribution is 5.91. The third-order valence-corrected chi connectivity index (χ3v) is 6.70. The molecule has 0 saturated carbocycles. The van der Waals surface area contributed by atoms with Gasteiger partial charge in [0.1, 0.15) is 6.04 Å². The lowest BCUT2D eigenvalue weighted by molar-refractivity contribution is -0.142. The van der Waals surface area contributed by atoms with Crippen LogP contribution < -0.4 is 5.32 Å². The molecule has 2 amide bonds. The summed E-state index contributed by atoms with van der Waals surface area (Å²) >= 11 is 0. The van der Waals surface area contributed by atoms with E-state index in [4.69, 9.17) is 4.74 Å². The van der Waals surface area contributed by atoms with Gasteiger partial charge in [-0.1, -0.05) is 54.0 Å². The molecule has 4 atom stereocenters. The fourth-order valence-electron chi connectivity index (χ4n) is 4.46. The van der Waals surface area contributed by atoms with Crippen LogP contribution in [0.25, 0.3) is 0 Å². The van der Waals surface area contributed by atoms with Crippen LogP contribution in [0.4, 0.5) is 0 Å². The number of likely N-dealkylation sites (N-methyl/N-ethyl adjacent to an activating group) is 2. The Morgan fingerprint density at radius 3 is 2.24 bits per heavy atom. The van der Waals surface area contributed by atoms with Crippen molar-refractivity contribution in [3.05, 3.63) is 11.6 Å². The molecule has 0 aromatic heterocycles. The zero-order valence-corrected chi connectivity index (χ0v) is 22.5. The number of hydrogen-bond donors (Lipinski definition) is 1. The second kappa shape index (κ2) is 12.5. The summed E-state index contributed by atoms with van der Waals surface area (Å²) in [5, 5.41) is 3.08. The van der Waals surface area contributed by atoms with Gasteiger partial charge in [0.2, 0.25) is 11.8 Å². The average molecular weight is 466 g/mol. The fourth-order valence-corrected chi connectivity index (χ4v) is 4.46. The van der Waals surface area contributed by atoms with Crippen LogP contribution in [0.2, 0.25) is 0 Å². The molecule has 0 bridgehead atoms. The molecule has 33 heavy (non-hydrogen) atoms. The summed E-state index contributed by atoms with van der Waals surface area (Å²) in [6, 6.07) is -1.20. The summed E-state index contributed by atoms with van der Waals surface area (Å²) in [7, 11) is 3.73. The molecule has 1 heterocycles. The first-order valence-corrected chi connectivity index (χ1v) is 12.4. The first kappa shape index (κ1) is 29.1. The Morgan fingerprint density at radius 2 is 1.79 bits per heavy atom. The maximum absolute atomic E-state index is 13.7. The van der Waals surface area contributed by atoms with Crippen molar-refractivity contribution in [3.8, 4) is 0 Å². The second-order valence-corrected chi connectivity index (χ2v) is 10.9. The van der Waals surface area contributed by atoms with E-state index in [-0.39, 0.29) is 35.8 Å². The van der Waals surface area contributed by atoms with Crippen LogP contribution in [0.3, 0.4) is 0 Å². The van der Waals surface area contributed by atoms with E-state index >= 15 is 0 Å². The first-order chi connectivity index (χ1) is 15.2. The molecule has 1 aliphatic heterocycles. The Hall–Kier alpha value is -1.89. The van der Waals surface area contributed by atoms with E-state index < -0.39 is 11.5 Å². The maximum Gasteiger partial charge on any atom is 0.333 e. The number of hydrogen-bond acceptors (Lipinski definition) is 5. The summed E-state index contributed by atoms with van der Waals surface area (Å²) in [6.45, 7) is 16.8. The Bertz CT molecular complexity index is 711. The molecule has 1 saturated heterocycles. The number of piperidine rings is 1. The van der Waals surface area contributed by atoms with Gasteiger partial charge in [-0.15, -0.1) is 0 Å². The van der Waals surface area contributed by atoms with Crippen LogP contribution in [0.5, 0.6) is 0 Å². The first-order valence-electron chi connectivity index (χ1n) is 12.4. The monoisotopic (exact) mass is 465 g/mol. The molecule has 0 radical (unpaired) electrons. The summed E-state index contributed by atoms with van der Waals surface area (Å²) in [4.78, 5) is 42.8. The van der Waals surface area contributed by atoms with E-state index in [2.05, 4.69) is 17.1 Å². The van der Waals surface area contributed by atoms with Crippen LogP contribution in [0, 0.1) is 17.3 Å². The largest absolute Gasteiger partial charge is 0.463 e. The zero-order valence-electron chi connectivity index (χ0n) is 22.5. The molecule has 0 aliphatic carbocycles. The maximum atomic E-state index is 13.7. The molecule has 0 aromatic carbocycles. The van der Waals surface area contributed by atoms with Crippen molar-refractivity contribution in [2.24, 2.45) is 17.3 Å². The smallest absolute Gasteiger partial charge is 0.333 e. The van der Waals surface area contributed by atoms with Gasteiger partial charge in [-0.05, 0) is 51.0 Å². The zero-order chi connectivity index (χ0) is 25.5. The Kier molecular flexibility index (Phi) is 11.1. The van der Waals surface area contributed by atoms with E-state index in [1.807, 2.05) is 41.7 Å². The van der Waals surface area contributed by atoms with Gasteiger partial charge in [0.25, 0.3) is 0 Å². The van der Waals surface area contributed by atoms with Crippen LogP contribution in [0.15, 0.2) is 11.6 Å². The number of ether oxygens (including phenoxy) is 1. The molecule has 1 fully saturated rings. The lowest BCUT2D eigenvalue weighted by Crippen LogP contribution is -2.60. The number of amides is 2. The number of nitrogens with zero attached hydrogens (tertiary/aromatic N) is 2. The SMILES string of the molecule is CCOC(=O)/C(C)=C/[C@H](C(C)C)N(C)C(=O)[C@@H](NC(=O)C1CC[C@H](CC)CN1C)C(C)(C)C. The van der Waals surface area contributed by atoms with E-state index in [1.165, 1.54) is 0 Å². The number of carbonyl (C=O) groups excluding carboxylic acids is 3. The number of rotatable bonds is 9. The highest BCUT2D eigenvalue weighted by atomic mass is 16.5. The molecule has 190 valence electrons. The standard InChI is InChI=1S/C26H47N3O4/c1-11-19-13-14-20(28(9)16-19)23(30)27-22(26(6,7)8)24(31)29(10)21(17(3)4)15-18(5)25(32)33-12-2/h15,17,19-22H,11-14,16H2,1-10H3,(H,27,30)/b18-15+/t19-,20?,21+,22+/m0/s1. The fraction of sp³-hybridized carbons (Fsp3) is 0.808. The molecular formula is C26H47N3O4. The number of nitrogens with one attached hydrogen (secondary N) is 1. The van der Waals surface area contributed by atoms with Crippen molar-refractivity contribution in [1.82, 2.24) is 15.1 Å². The van der Waals surface area contributed by atoms with Gasteiger partial charge in [0, 0.05) is 19.2 Å². The predicted molar refractivity (Wildman–Crippen MR) is 133 cm³/mol. The molecule has 7 nitrogen and oxygen atoms in total. The van der Waals surface area contributed by atoms with E-state index in [0.29, 0.717) is 18.1 Å². The van der Waals surface area contributed by atoms with E-state index in [1.54, 1.807) is 31.9 Å². The highest BCUT2D eigenvalue weighted by Gasteiger charge is 2.39. The van der Waals surface area contributed by atoms with Crippen molar-refractivity contribution >= 4 is 17.8 Å². The van der Waals surface area contributed by atoms with E-state index in [0.717, 1.165) is 25.8 Å². The summed E-state index contributed by atoms with van der Waals surface area (Å²) < 4.78 is 5.10. The lowest BCUT2D eigenvalue weighted by Gasteiger charge is -2.40. The van der Waals surface area contributed by atoms with Crippen molar-refractivity contribution < 1.29 is 19.1 Å². The van der Waals surface area contributed by atoms with Crippen LogP contribution in [-0.2, 0) is 19.1 Å². The molecule has 7 heteroatoms. The molecule has 0 aromatic rings. The third kappa shape index (κ3) is 8.13. The van der Waals surface area contributed by atoms with Crippen LogP contribution >= 0.6 is 0 Å². The van der Waals surface area contributed by atoms with Gasteiger partial charge in [0.05, 0.1) is 18.7 Å². The molecular weight excluding hydrogens is 418 g/mol. The molecule has 1 unspecified atom stereocenters. The van der Waals surface area contributed by atoms with Gasteiger partial charge in [0.15, 0.2) is 0 Å². The van der Waals surface area contributed by atoms with Crippen molar-refractivity contribution in [2.75, 3.05) is 27.2 Å². The van der Waals surface area contributed by atoms with Crippen LogP contribution in [0.1, 0.15) is 74.7 Å². The van der Waals surface area contributed by atoms with Crippen LogP contribution in [-0.4, -0.2) is 73.0 Å². The van der Waals surface area contributed by atoms with Crippen molar-refractivity contribution in [1.29, 1.82) is 0 Å². The van der Waals surface area contributed by atoms with Crippen molar-refractivity contribution in [2.45, 2.75) is 92.8 Å². The number of likely N-dealkylation sites (tertiary alicyclic amines) is 1. The normalized spacial score (nSPS) is 22.0. The topological polar surface area (TPSA) is 79.0 Å². The molecule has 1 N–H and O–H groups in total. The highest BCUT2D eigenvalue weighted by Crippen LogP contribution is 2.26. The minimum atomic E-state index is -0.676. The molecule has 1 aliphatic rings. The lowest BCUT2D eigenvalue weighted by atomic mass is 9.84. The van der Waals surface area contributed by atoms with E-state index in [9.17, 15) is 14.4 Å². The number of esters is 1. The third-order valence-electron chi connectivity index (χ3n) is 6.70. The minimum absolute atomic E-state index is 0.0788. The summed E-state index contributed by atoms with van der Waals surface area (Å²) in [5.74, 6) is 0.0670. The number of carbonyl (C=O) groups is 3. The van der Waals surface area contributed by atoms with Gasteiger partial charge in [-0.2, -0.15) is 0 Å².